The van der Waals surface area contributed by atoms with Crippen molar-refractivity contribution in [3.05, 3.63) is 105 Å². The Balaban J connectivity index is 1.59. The molecule has 0 N–H and O–H groups in total. The van der Waals surface area contributed by atoms with Crippen LogP contribution in [0.5, 0.6) is 5.75 Å². The van der Waals surface area contributed by atoms with Crippen LogP contribution in [0.25, 0.3) is 16.7 Å². The minimum Gasteiger partial charge on any atom is -0.456 e. The van der Waals surface area contributed by atoms with E-state index >= 15 is 0 Å². The van der Waals surface area contributed by atoms with Gasteiger partial charge in [0.1, 0.15) is 28.2 Å². The van der Waals surface area contributed by atoms with E-state index in [4.69, 9.17) is 9.15 Å². The number of hydrogen-bond donors (Lipinski definition) is 0. The summed E-state index contributed by atoms with van der Waals surface area (Å²) in [6.07, 6.45) is 3.84. The van der Waals surface area contributed by atoms with E-state index in [9.17, 15) is 14.9 Å². The van der Waals surface area contributed by atoms with E-state index in [1.54, 1.807) is 24.3 Å². The Kier molecular flexibility index (Phi) is 6.74. The van der Waals surface area contributed by atoms with Crippen molar-refractivity contribution < 1.29 is 13.9 Å². The molecule has 4 aromatic rings. The maximum Gasteiger partial charge on any atom is 0.347 e. The standard InChI is InChI=1S/C34H32N4O4/c1-5-36(6-2)23-14-13-22-17-26(33(40)42-29(22)18-23)31-20-34(27-12-10-9-11-25(27)32(39)38(34)21-35)28-16-15-24(19-30(28)41-31)37(7-3)8-4/h9-20H,5-8H2,1-4H3. The van der Waals surface area contributed by atoms with Gasteiger partial charge in [0.15, 0.2) is 6.19 Å². The van der Waals surface area contributed by atoms with Gasteiger partial charge in [0.25, 0.3) is 5.91 Å². The molecule has 212 valence electrons. The van der Waals surface area contributed by atoms with Gasteiger partial charge in [-0.25, -0.2) is 9.69 Å². The fraction of sp³-hybridized carbons (Fsp3) is 0.265. The van der Waals surface area contributed by atoms with Crippen LogP contribution in [0.15, 0.2) is 82.0 Å². The minimum absolute atomic E-state index is 0.214. The molecule has 1 unspecified atom stereocenters. The number of ether oxygens (including phenoxy) is 1. The highest BCUT2D eigenvalue weighted by Gasteiger charge is 2.54. The van der Waals surface area contributed by atoms with Crippen molar-refractivity contribution in [3.8, 4) is 11.9 Å². The van der Waals surface area contributed by atoms with Crippen LogP contribution in [0.4, 0.5) is 11.4 Å². The predicted molar refractivity (Wildman–Crippen MR) is 164 cm³/mol. The number of hydrogen-bond acceptors (Lipinski definition) is 7. The number of rotatable bonds is 7. The number of carbonyl (C=O) groups is 1. The average molecular weight is 561 g/mol. The molecule has 42 heavy (non-hydrogen) atoms. The van der Waals surface area contributed by atoms with Crippen LogP contribution in [0.3, 0.4) is 0 Å². The molecule has 2 aliphatic heterocycles. The van der Waals surface area contributed by atoms with Gasteiger partial charge in [0, 0.05) is 71.8 Å². The fourth-order valence-corrected chi connectivity index (χ4v) is 6.24. The lowest BCUT2D eigenvalue weighted by atomic mass is 9.79. The molecule has 0 saturated heterocycles. The molecule has 1 amide bonds. The second-order valence-corrected chi connectivity index (χ2v) is 10.4. The van der Waals surface area contributed by atoms with Crippen molar-refractivity contribution in [2.45, 2.75) is 33.2 Å². The third-order valence-electron chi connectivity index (χ3n) is 8.40. The second kappa shape index (κ2) is 10.4. The Morgan fingerprint density at radius 2 is 1.48 bits per heavy atom. The molecule has 0 radical (unpaired) electrons. The van der Waals surface area contributed by atoms with E-state index < -0.39 is 17.1 Å². The van der Waals surface area contributed by atoms with Crippen LogP contribution in [-0.4, -0.2) is 37.0 Å². The van der Waals surface area contributed by atoms with Gasteiger partial charge < -0.3 is 19.0 Å². The lowest BCUT2D eigenvalue weighted by Gasteiger charge is -2.38. The SMILES string of the molecule is CCN(CC)c1ccc2c(c1)OC(c1cc3ccc(N(CC)CC)cc3oc1=O)=CC21c2ccccc2C(=O)N1C#N. The molecular weight excluding hydrogens is 528 g/mol. The Morgan fingerprint density at radius 3 is 2.17 bits per heavy atom. The molecule has 8 heteroatoms. The van der Waals surface area contributed by atoms with Crippen LogP contribution in [-0.2, 0) is 5.54 Å². The largest absolute Gasteiger partial charge is 0.456 e. The van der Waals surface area contributed by atoms with E-state index in [2.05, 4.69) is 43.7 Å². The van der Waals surface area contributed by atoms with Gasteiger partial charge in [0.05, 0.1) is 0 Å². The zero-order chi connectivity index (χ0) is 29.6. The van der Waals surface area contributed by atoms with E-state index in [0.717, 1.165) is 42.9 Å². The highest BCUT2D eigenvalue weighted by atomic mass is 16.5. The minimum atomic E-state index is -1.29. The first-order valence-corrected chi connectivity index (χ1v) is 14.4. The van der Waals surface area contributed by atoms with E-state index in [-0.39, 0.29) is 11.3 Å². The molecule has 1 atom stereocenters. The number of nitriles is 1. The van der Waals surface area contributed by atoms with Gasteiger partial charge in [-0.1, -0.05) is 24.3 Å². The molecule has 3 heterocycles. The lowest BCUT2D eigenvalue weighted by Crippen LogP contribution is -2.42. The Morgan fingerprint density at radius 1 is 0.810 bits per heavy atom. The molecule has 1 aromatic heterocycles. The van der Waals surface area contributed by atoms with Crippen LogP contribution in [0.2, 0.25) is 0 Å². The molecule has 8 nitrogen and oxygen atoms in total. The summed E-state index contributed by atoms with van der Waals surface area (Å²) in [4.78, 5) is 32.6. The Bertz CT molecular complexity index is 1840. The average Bonchev–Trinajstić information content (AvgIpc) is 3.24. The highest BCUT2D eigenvalue weighted by Crippen LogP contribution is 2.52. The third-order valence-corrected chi connectivity index (χ3v) is 8.40. The first-order valence-electron chi connectivity index (χ1n) is 14.4. The molecule has 6 rings (SSSR count). The summed E-state index contributed by atoms with van der Waals surface area (Å²) in [6.45, 7) is 11.6. The van der Waals surface area contributed by atoms with Gasteiger partial charge in [0.2, 0.25) is 0 Å². The quantitative estimate of drug-likeness (QED) is 0.199. The van der Waals surface area contributed by atoms with Crippen molar-refractivity contribution in [1.29, 1.82) is 5.26 Å². The third kappa shape index (κ3) is 3.96. The summed E-state index contributed by atoms with van der Waals surface area (Å²) in [6, 6.07) is 20.6. The Labute approximate surface area is 244 Å². The summed E-state index contributed by atoms with van der Waals surface area (Å²) < 4.78 is 12.3. The maximum absolute atomic E-state index is 13.5. The van der Waals surface area contributed by atoms with Crippen molar-refractivity contribution in [3.63, 3.8) is 0 Å². The van der Waals surface area contributed by atoms with Crippen molar-refractivity contribution in [2.24, 2.45) is 0 Å². The normalized spacial score (nSPS) is 17.0. The molecule has 1 spiro atoms. The molecule has 0 bridgehead atoms. The fourth-order valence-electron chi connectivity index (χ4n) is 6.24. The van der Waals surface area contributed by atoms with Crippen LogP contribution < -0.4 is 20.2 Å². The van der Waals surface area contributed by atoms with E-state index in [1.165, 1.54) is 4.90 Å². The van der Waals surface area contributed by atoms with Gasteiger partial charge in [-0.05, 0) is 64.1 Å². The summed E-state index contributed by atoms with van der Waals surface area (Å²) in [5, 5.41) is 11.1. The number of benzene rings is 3. The van der Waals surface area contributed by atoms with Crippen LogP contribution >= 0.6 is 0 Å². The summed E-state index contributed by atoms with van der Waals surface area (Å²) in [5.41, 5.74) is 2.48. The monoisotopic (exact) mass is 560 g/mol. The first kappa shape index (κ1) is 27.2. The number of amides is 1. The highest BCUT2D eigenvalue weighted by molar-refractivity contribution is 6.03. The van der Waals surface area contributed by atoms with Crippen molar-refractivity contribution >= 4 is 34.0 Å². The van der Waals surface area contributed by atoms with Crippen molar-refractivity contribution in [2.75, 3.05) is 36.0 Å². The van der Waals surface area contributed by atoms with Crippen LogP contribution in [0.1, 0.15) is 54.7 Å². The molecule has 3 aromatic carbocycles. The number of fused-ring (bicyclic) bond motifs is 5. The molecule has 0 aliphatic carbocycles. The number of carbonyl (C=O) groups excluding carboxylic acids is 1. The zero-order valence-electron chi connectivity index (χ0n) is 24.2. The molecular formula is C34H32N4O4. The van der Waals surface area contributed by atoms with Gasteiger partial charge >= 0.3 is 5.63 Å². The first-order chi connectivity index (χ1) is 20.4. The molecule has 2 aliphatic rings. The van der Waals surface area contributed by atoms with Crippen LogP contribution in [0, 0.1) is 11.5 Å². The predicted octanol–water partition coefficient (Wildman–Crippen LogP) is 6.10. The molecule has 0 fully saturated rings. The summed E-state index contributed by atoms with van der Waals surface area (Å²) in [7, 11) is 0. The molecule has 0 saturated carbocycles. The van der Waals surface area contributed by atoms with Gasteiger partial charge in [-0.2, -0.15) is 5.26 Å². The summed E-state index contributed by atoms with van der Waals surface area (Å²) >= 11 is 0. The van der Waals surface area contributed by atoms with Crippen molar-refractivity contribution in [1.82, 2.24) is 4.90 Å². The van der Waals surface area contributed by atoms with E-state index in [1.807, 2.05) is 48.5 Å². The Hall–Kier alpha value is -5.03. The summed E-state index contributed by atoms with van der Waals surface area (Å²) in [5.74, 6) is 0.296. The second-order valence-electron chi connectivity index (χ2n) is 10.4. The maximum atomic E-state index is 13.5. The number of nitrogens with zero attached hydrogens (tertiary/aromatic N) is 4. The van der Waals surface area contributed by atoms with Gasteiger partial charge in [-0.15, -0.1) is 0 Å². The zero-order valence-corrected chi connectivity index (χ0v) is 24.2. The van der Waals surface area contributed by atoms with E-state index in [0.29, 0.717) is 28.0 Å². The van der Waals surface area contributed by atoms with Gasteiger partial charge in [-0.3, -0.25) is 4.79 Å². The number of anilines is 2. The topological polar surface area (TPSA) is 90.0 Å². The smallest absolute Gasteiger partial charge is 0.347 e. The lowest BCUT2D eigenvalue weighted by molar-refractivity contribution is 0.0791.